The van der Waals surface area contributed by atoms with Gasteiger partial charge in [-0.05, 0) is 13.3 Å². The van der Waals surface area contributed by atoms with E-state index in [1.165, 1.54) is 0 Å². The highest BCUT2D eigenvalue weighted by Crippen LogP contribution is 2.18. The molecule has 0 saturated carbocycles. The minimum absolute atomic E-state index is 0.130. The first-order valence-electron chi connectivity index (χ1n) is 6.74. The van der Waals surface area contributed by atoms with E-state index in [9.17, 15) is 8.42 Å². The molecule has 3 rings (SSSR count). The third kappa shape index (κ3) is 2.92. The zero-order chi connectivity index (χ0) is 13.5. The van der Waals surface area contributed by atoms with Crippen LogP contribution in [0.25, 0.3) is 0 Å². The van der Waals surface area contributed by atoms with Crippen LogP contribution in [0.3, 0.4) is 0 Å². The number of nitrogens with one attached hydrogen (secondary N) is 2. The Morgan fingerprint density at radius 1 is 1.58 bits per heavy atom. The van der Waals surface area contributed by atoms with Crippen LogP contribution in [-0.2, 0) is 16.4 Å². The van der Waals surface area contributed by atoms with Gasteiger partial charge in [0.15, 0.2) is 9.84 Å². The minimum Gasteiger partial charge on any atom is -0.370 e. The molecular formula is C12H20N4O2S. The topological polar surface area (TPSA) is 76.0 Å². The highest BCUT2D eigenvalue weighted by molar-refractivity contribution is 7.91. The Kier molecular flexibility index (Phi) is 3.26. The molecule has 106 valence electrons. The second kappa shape index (κ2) is 4.79. The Morgan fingerprint density at radius 2 is 2.42 bits per heavy atom. The first-order chi connectivity index (χ1) is 9.02. The van der Waals surface area contributed by atoms with Gasteiger partial charge in [-0.1, -0.05) is 0 Å². The summed E-state index contributed by atoms with van der Waals surface area (Å²) in [6.45, 7) is 4.63. The summed E-state index contributed by atoms with van der Waals surface area (Å²) in [5.41, 5.74) is 1.03. The Labute approximate surface area is 113 Å². The smallest absolute Gasteiger partial charge is 0.151 e. The summed E-state index contributed by atoms with van der Waals surface area (Å²) in [7, 11) is -2.79. The molecule has 1 fully saturated rings. The van der Waals surface area contributed by atoms with Crippen molar-refractivity contribution in [3.05, 3.63) is 11.8 Å². The van der Waals surface area contributed by atoms with Gasteiger partial charge < -0.3 is 10.6 Å². The normalized spacial score (nSPS) is 28.9. The number of rotatable bonds is 3. The molecule has 0 aromatic carbocycles. The van der Waals surface area contributed by atoms with Crippen LogP contribution in [0.15, 0.2) is 6.07 Å². The molecule has 2 aliphatic heterocycles. The van der Waals surface area contributed by atoms with Crippen molar-refractivity contribution in [2.75, 3.05) is 29.9 Å². The van der Waals surface area contributed by atoms with Gasteiger partial charge in [0, 0.05) is 37.7 Å². The maximum atomic E-state index is 11.4. The van der Waals surface area contributed by atoms with Gasteiger partial charge in [-0.15, -0.1) is 0 Å². The van der Waals surface area contributed by atoms with E-state index in [1.54, 1.807) is 0 Å². The molecular weight excluding hydrogens is 264 g/mol. The lowest BCUT2D eigenvalue weighted by Crippen LogP contribution is -2.40. The van der Waals surface area contributed by atoms with Crippen molar-refractivity contribution >= 4 is 15.7 Å². The first-order valence-corrected chi connectivity index (χ1v) is 8.56. The quantitative estimate of drug-likeness (QED) is 0.818. The Morgan fingerprint density at radius 3 is 3.16 bits per heavy atom. The molecule has 2 aliphatic rings. The van der Waals surface area contributed by atoms with Gasteiger partial charge in [-0.3, -0.25) is 0 Å². The molecule has 19 heavy (non-hydrogen) atoms. The average Bonchev–Trinajstić information content (AvgIpc) is 2.87. The standard InChI is InChI=1S/C12H20N4O2S/c1-9-4-12-14-6-10(7-16(12)15-9)5-13-11-2-3-19(17,18)8-11/h4,10-11,13-14H,2-3,5-8H2,1H3/t10-,11-/m0/s1. The van der Waals surface area contributed by atoms with Crippen LogP contribution in [0.4, 0.5) is 5.82 Å². The molecule has 2 atom stereocenters. The summed E-state index contributed by atoms with van der Waals surface area (Å²) >= 11 is 0. The van der Waals surface area contributed by atoms with Gasteiger partial charge in [0.05, 0.1) is 17.2 Å². The van der Waals surface area contributed by atoms with E-state index >= 15 is 0 Å². The number of aryl methyl sites for hydroxylation is 1. The number of sulfone groups is 1. The molecule has 3 heterocycles. The van der Waals surface area contributed by atoms with Gasteiger partial charge in [-0.25, -0.2) is 13.1 Å². The zero-order valence-electron chi connectivity index (χ0n) is 11.1. The molecule has 1 aromatic rings. The third-order valence-electron chi connectivity index (χ3n) is 3.83. The molecule has 0 radical (unpaired) electrons. The third-order valence-corrected chi connectivity index (χ3v) is 5.60. The summed E-state index contributed by atoms with van der Waals surface area (Å²) in [5.74, 6) is 2.15. The molecule has 0 aliphatic carbocycles. The second-order valence-electron chi connectivity index (χ2n) is 5.61. The first kappa shape index (κ1) is 12.9. The largest absolute Gasteiger partial charge is 0.370 e. The molecule has 7 heteroatoms. The number of anilines is 1. The number of fused-ring (bicyclic) bond motifs is 1. The monoisotopic (exact) mass is 284 g/mol. The van der Waals surface area contributed by atoms with Gasteiger partial charge in [0.1, 0.15) is 5.82 Å². The highest BCUT2D eigenvalue weighted by Gasteiger charge is 2.28. The molecule has 0 spiro atoms. The fourth-order valence-corrected chi connectivity index (χ4v) is 4.52. The van der Waals surface area contributed by atoms with Crippen LogP contribution in [0.1, 0.15) is 12.1 Å². The van der Waals surface area contributed by atoms with Crippen LogP contribution < -0.4 is 10.6 Å². The summed E-state index contributed by atoms with van der Waals surface area (Å²) in [6.07, 6.45) is 0.745. The fraction of sp³-hybridized carbons (Fsp3) is 0.750. The lowest BCUT2D eigenvalue weighted by molar-refractivity contribution is 0.375. The van der Waals surface area contributed by atoms with E-state index in [4.69, 9.17) is 0 Å². The minimum atomic E-state index is -2.79. The van der Waals surface area contributed by atoms with Gasteiger partial charge in [0.2, 0.25) is 0 Å². The van der Waals surface area contributed by atoms with Crippen LogP contribution >= 0.6 is 0 Å². The molecule has 0 unspecified atom stereocenters. The highest BCUT2D eigenvalue weighted by atomic mass is 32.2. The number of nitrogens with zero attached hydrogens (tertiary/aromatic N) is 2. The maximum Gasteiger partial charge on any atom is 0.151 e. The zero-order valence-corrected chi connectivity index (χ0v) is 11.9. The molecule has 0 amide bonds. The van der Waals surface area contributed by atoms with Gasteiger partial charge in [-0.2, -0.15) is 5.10 Å². The van der Waals surface area contributed by atoms with Crippen molar-refractivity contribution in [1.29, 1.82) is 0 Å². The van der Waals surface area contributed by atoms with Crippen molar-refractivity contribution in [2.24, 2.45) is 5.92 Å². The van der Waals surface area contributed by atoms with Crippen LogP contribution in [0, 0.1) is 12.8 Å². The molecule has 0 bridgehead atoms. The summed E-state index contributed by atoms with van der Waals surface area (Å²) < 4.78 is 24.8. The van der Waals surface area contributed by atoms with E-state index in [1.807, 2.05) is 17.7 Å². The van der Waals surface area contributed by atoms with E-state index in [-0.39, 0.29) is 6.04 Å². The number of hydrogen-bond donors (Lipinski definition) is 2. The van der Waals surface area contributed by atoms with Crippen LogP contribution in [-0.4, -0.2) is 48.8 Å². The summed E-state index contributed by atoms with van der Waals surface area (Å²) in [4.78, 5) is 0. The fourth-order valence-electron chi connectivity index (χ4n) is 2.81. The van der Waals surface area contributed by atoms with E-state index in [0.717, 1.165) is 37.6 Å². The van der Waals surface area contributed by atoms with Crippen molar-refractivity contribution in [3.8, 4) is 0 Å². The summed E-state index contributed by atoms with van der Waals surface area (Å²) in [6, 6.07) is 2.18. The van der Waals surface area contributed by atoms with E-state index in [0.29, 0.717) is 17.4 Å². The lowest BCUT2D eigenvalue weighted by atomic mass is 10.1. The van der Waals surface area contributed by atoms with Gasteiger partial charge in [0.25, 0.3) is 0 Å². The predicted molar refractivity (Wildman–Crippen MR) is 74.0 cm³/mol. The van der Waals surface area contributed by atoms with Crippen molar-refractivity contribution in [2.45, 2.75) is 25.9 Å². The lowest BCUT2D eigenvalue weighted by Gasteiger charge is -2.26. The predicted octanol–water partition coefficient (Wildman–Crippen LogP) is 0.00992. The number of aromatic nitrogens is 2. The van der Waals surface area contributed by atoms with Crippen molar-refractivity contribution in [1.82, 2.24) is 15.1 Å². The SMILES string of the molecule is Cc1cc2n(n1)C[C@@H](CN[C@H]1CCS(=O)(=O)C1)CN2. The molecule has 1 saturated heterocycles. The van der Waals surface area contributed by atoms with E-state index < -0.39 is 9.84 Å². The van der Waals surface area contributed by atoms with Crippen LogP contribution in [0.5, 0.6) is 0 Å². The van der Waals surface area contributed by atoms with E-state index in [2.05, 4.69) is 15.7 Å². The van der Waals surface area contributed by atoms with Gasteiger partial charge >= 0.3 is 0 Å². The molecule has 2 N–H and O–H groups in total. The summed E-state index contributed by atoms with van der Waals surface area (Å²) in [5, 5.41) is 11.2. The van der Waals surface area contributed by atoms with Crippen molar-refractivity contribution < 1.29 is 8.42 Å². The Bertz CT molecular complexity index is 566. The van der Waals surface area contributed by atoms with Crippen molar-refractivity contribution in [3.63, 3.8) is 0 Å². The average molecular weight is 284 g/mol. The number of hydrogen-bond acceptors (Lipinski definition) is 5. The second-order valence-corrected chi connectivity index (χ2v) is 7.84. The molecule has 6 nitrogen and oxygen atoms in total. The van der Waals surface area contributed by atoms with Crippen LogP contribution in [0.2, 0.25) is 0 Å². The Balaban J connectivity index is 1.53. The maximum absolute atomic E-state index is 11.4. The Hall–Kier alpha value is -1.08. The molecule has 1 aromatic heterocycles.